The van der Waals surface area contributed by atoms with Gasteiger partial charge in [0.25, 0.3) is 0 Å². The smallest absolute Gasteiger partial charge is 0.157 e. The van der Waals surface area contributed by atoms with Gasteiger partial charge in [-0.05, 0) is 106 Å². The fourth-order valence-electron chi connectivity index (χ4n) is 8.44. The summed E-state index contributed by atoms with van der Waals surface area (Å²) >= 11 is 0. The van der Waals surface area contributed by atoms with Gasteiger partial charge in [0.1, 0.15) is 5.78 Å². The number of Topliss-reactive ketones (excluding diaryl/α,β-unsaturated/α-hetero) is 1. The Morgan fingerprint density at radius 2 is 1.93 bits per heavy atom. The van der Waals surface area contributed by atoms with Crippen molar-refractivity contribution < 1.29 is 14.3 Å². The molecule has 4 fully saturated rings. The molecule has 8 atom stereocenters. The van der Waals surface area contributed by atoms with Gasteiger partial charge in [-0.1, -0.05) is 25.5 Å². The summed E-state index contributed by atoms with van der Waals surface area (Å²) in [6, 6.07) is 0. The van der Waals surface area contributed by atoms with E-state index >= 15 is 0 Å². The van der Waals surface area contributed by atoms with Crippen molar-refractivity contribution in [3.63, 3.8) is 0 Å². The van der Waals surface area contributed by atoms with Crippen LogP contribution >= 0.6 is 0 Å². The Hall–Kier alpha value is -0.670. The number of rotatable bonds is 3. The summed E-state index contributed by atoms with van der Waals surface area (Å²) in [4.78, 5) is 12.3. The summed E-state index contributed by atoms with van der Waals surface area (Å²) < 4.78 is 12.2. The molecular formula is C26H40O3. The molecule has 4 aliphatic carbocycles. The highest BCUT2D eigenvalue weighted by atomic mass is 16.7. The molecule has 3 saturated carbocycles. The minimum absolute atomic E-state index is 0.0347. The summed E-state index contributed by atoms with van der Waals surface area (Å²) in [6.45, 7) is 7.71. The largest absolute Gasteiger partial charge is 0.353 e. The highest BCUT2D eigenvalue weighted by molar-refractivity contribution is 5.79. The first-order valence-corrected chi connectivity index (χ1v) is 12.4. The van der Waals surface area contributed by atoms with Crippen molar-refractivity contribution in [2.45, 2.75) is 104 Å². The molecule has 0 aromatic heterocycles. The van der Waals surface area contributed by atoms with E-state index < -0.39 is 0 Å². The molecule has 1 heterocycles. The fourth-order valence-corrected chi connectivity index (χ4v) is 8.44. The molecule has 0 spiro atoms. The van der Waals surface area contributed by atoms with E-state index in [0.717, 1.165) is 43.6 Å². The molecule has 0 N–H and O–H groups in total. The molecule has 5 aliphatic rings. The SMILES string of the molecule is CC(=O)[C@H]1CC[C@H]2[C@@H]3CC=C4C[C@@H](OC5CCCCO5)CC[C@]4(C)[C@H]3CC[C@]12C. The van der Waals surface area contributed by atoms with Crippen LogP contribution in [0.3, 0.4) is 0 Å². The zero-order chi connectivity index (χ0) is 20.2. The van der Waals surface area contributed by atoms with Crippen molar-refractivity contribution in [1.29, 1.82) is 0 Å². The maximum atomic E-state index is 12.3. The second-order valence-electron chi connectivity index (χ2n) is 11.3. The van der Waals surface area contributed by atoms with Crippen molar-refractivity contribution in [3.8, 4) is 0 Å². The molecule has 3 heteroatoms. The van der Waals surface area contributed by atoms with Crippen LogP contribution in [0.2, 0.25) is 0 Å². The lowest BCUT2D eigenvalue weighted by Crippen LogP contribution is -2.51. The van der Waals surface area contributed by atoms with Gasteiger partial charge in [-0.3, -0.25) is 4.79 Å². The number of hydrogen-bond donors (Lipinski definition) is 0. The molecule has 0 aromatic carbocycles. The normalized spacial score (nSPS) is 49.6. The van der Waals surface area contributed by atoms with Crippen LogP contribution in [0.4, 0.5) is 0 Å². The average molecular weight is 401 g/mol. The molecule has 3 nitrogen and oxygen atoms in total. The average Bonchev–Trinajstić information content (AvgIpc) is 3.06. The Labute approximate surface area is 177 Å². The van der Waals surface area contributed by atoms with Gasteiger partial charge >= 0.3 is 0 Å². The van der Waals surface area contributed by atoms with Crippen molar-refractivity contribution in [2.75, 3.05) is 6.61 Å². The third-order valence-electron chi connectivity index (χ3n) is 10.0. The van der Waals surface area contributed by atoms with Crippen molar-refractivity contribution in [1.82, 2.24) is 0 Å². The van der Waals surface area contributed by atoms with E-state index in [1.807, 2.05) is 6.92 Å². The predicted octanol–water partition coefficient (Wildman–Crippen LogP) is 6.07. The lowest BCUT2D eigenvalue weighted by atomic mass is 9.47. The van der Waals surface area contributed by atoms with Crippen LogP contribution in [0.25, 0.3) is 0 Å². The zero-order valence-corrected chi connectivity index (χ0v) is 18.8. The van der Waals surface area contributed by atoms with Crippen LogP contribution in [-0.4, -0.2) is 24.8 Å². The van der Waals surface area contributed by atoms with Crippen molar-refractivity contribution in [2.24, 2.45) is 34.5 Å². The minimum Gasteiger partial charge on any atom is -0.353 e. The minimum atomic E-state index is 0.0347. The van der Waals surface area contributed by atoms with Gasteiger partial charge in [0.05, 0.1) is 6.10 Å². The molecule has 0 amide bonds. The maximum Gasteiger partial charge on any atom is 0.157 e. The van der Waals surface area contributed by atoms with E-state index in [0.29, 0.717) is 23.2 Å². The number of carbonyl (C=O) groups is 1. The number of allylic oxidation sites excluding steroid dienone is 1. The quantitative estimate of drug-likeness (QED) is 0.540. The lowest BCUT2D eigenvalue weighted by molar-refractivity contribution is -0.195. The number of carbonyl (C=O) groups excluding carboxylic acids is 1. The van der Waals surface area contributed by atoms with E-state index in [4.69, 9.17) is 9.47 Å². The predicted molar refractivity (Wildman–Crippen MR) is 114 cm³/mol. The number of fused-ring (bicyclic) bond motifs is 5. The summed E-state index contributed by atoms with van der Waals surface area (Å²) in [5.41, 5.74) is 2.29. The van der Waals surface area contributed by atoms with Gasteiger partial charge in [0.15, 0.2) is 6.29 Å². The first-order valence-electron chi connectivity index (χ1n) is 12.4. The van der Waals surface area contributed by atoms with Crippen LogP contribution in [0.15, 0.2) is 11.6 Å². The molecule has 29 heavy (non-hydrogen) atoms. The molecule has 0 aromatic rings. The monoisotopic (exact) mass is 400 g/mol. The zero-order valence-electron chi connectivity index (χ0n) is 18.8. The van der Waals surface area contributed by atoms with Gasteiger partial charge in [-0.2, -0.15) is 0 Å². The maximum absolute atomic E-state index is 12.3. The summed E-state index contributed by atoms with van der Waals surface area (Å²) in [6.07, 6.45) is 16.2. The van der Waals surface area contributed by atoms with Crippen LogP contribution in [0.1, 0.15) is 91.4 Å². The van der Waals surface area contributed by atoms with Crippen molar-refractivity contribution in [3.05, 3.63) is 11.6 Å². The van der Waals surface area contributed by atoms with E-state index in [-0.39, 0.29) is 11.7 Å². The first-order chi connectivity index (χ1) is 13.9. The molecule has 0 bridgehead atoms. The molecule has 1 saturated heterocycles. The van der Waals surface area contributed by atoms with Gasteiger partial charge in [0, 0.05) is 12.5 Å². The third-order valence-corrected chi connectivity index (χ3v) is 10.0. The Kier molecular flexibility index (Phi) is 5.22. The van der Waals surface area contributed by atoms with Gasteiger partial charge in [-0.15, -0.1) is 0 Å². The summed E-state index contributed by atoms with van der Waals surface area (Å²) in [7, 11) is 0. The first kappa shape index (κ1) is 20.2. The van der Waals surface area contributed by atoms with Crippen LogP contribution in [-0.2, 0) is 14.3 Å². The van der Waals surface area contributed by atoms with E-state index in [2.05, 4.69) is 19.9 Å². The van der Waals surface area contributed by atoms with Gasteiger partial charge in [-0.25, -0.2) is 0 Å². The summed E-state index contributed by atoms with van der Waals surface area (Å²) in [5, 5.41) is 0. The Bertz CT molecular complexity index is 677. The molecule has 1 unspecified atom stereocenters. The van der Waals surface area contributed by atoms with Crippen LogP contribution in [0, 0.1) is 34.5 Å². The highest BCUT2D eigenvalue weighted by Crippen LogP contribution is 2.66. The van der Waals surface area contributed by atoms with Gasteiger partial charge in [0.2, 0.25) is 0 Å². The Balaban J connectivity index is 1.32. The van der Waals surface area contributed by atoms with E-state index in [9.17, 15) is 4.79 Å². The van der Waals surface area contributed by atoms with Crippen LogP contribution < -0.4 is 0 Å². The lowest BCUT2D eigenvalue weighted by Gasteiger charge is -2.58. The van der Waals surface area contributed by atoms with E-state index in [1.165, 1.54) is 51.4 Å². The second kappa shape index (κ2) is 7.48. The highest BCUT2D eigenvalue weighted by Gasteiger charge is 2.59. The molecule has 0 radical (unpaired) electrons. The topological polar surface area (TPSA) is 35.5 Å². The molecule has 5 rings (SSSR count). The number of ether oxygens (including phenoxy) is 2. The Morgan fingerprint density at radius 1 is 1.07 bits per heavy atom. The molecular weight excluding hydrogens is 360 g/mol. The van der Waals surface area contributed by atoms with Crippen molar-refractivity contribution >= 4 is 5.78 Å². The standard InChI is InChI=1S/C26H40O3/c1-17(27)21-9-10-22-20-8-7-18-16-19(29-24-6-4-5-15-28-24)11-13-25(18,2)23(20)12-14-26(21,22)3/h7,19-24H,4-6,8-16H2,1-3H3/t19-,20-,21+,22-,23-,24?,25-,26+/m0/s1. The molecule has 1 aliphatic heterocycles. The van der Waals surface area contributed by atoms with Crippen LogP contribution in [0.5, 0.6) is 0 Å². The second-order valence-corrected chi connectivity index (χ2v) is 11.3. The summed E-state index contributed by atoms with van der Waals surface area (Å²) in [5.74, 6) is 3.08. The fraction of sp³-hybridized carbons (Fsp3) is 0.885. The third kappa shape index (κ3) is 3.26. The molecule has 162 valence electrons. The van der Waals surface area contributed by atoms with E-state index in [1.54, 1.807) is 5.57 Å². The Morgan fingerprint density at radius 3 is 2.69 bits per heavy atom. The van der Waals surface area contributed by atoms with Gasteiger partial charge < -0.3 is 9.47 Å². The number of ketones is 1. The number of hydrogen-bond acceptors (Lipinski definition) is 3.